The molecule has 2 nitrogen and oxygen atoms in total. The quantitative estimate of drug-likeness (QED) is 0.748. The Labute approximate surface area is 102 Å². The summed E-state index contributed by atoms with van der Waals surface area (Å²) in [5.74, 6) is 1.28. The van der Waals surface area contributed by atoms with E-state index in [9.17, 15) is 8.42 Å². The van der Waals surface area contributed by atoms with Crippen LogP contribution in [0.15, 0.2) is 0 Å². The molecule has 1 saturated carbocycles. The molecule has 90 valence electrons. The molecule has 0 aromatic carbocycles. The van der Waals surface area contributed by atoms with E-state index in [0.717, 1.165) is 31.0 Å². The minimum Gasteiger partial charge on any atom is -0.229 e. The van der Waals surface area contributed by atoms with Crippen molar-refractivity contribution in [3.8, 4) is 0 Å². The van der Waals surface area contributed by atoms with Crippen molar-refractivity contribution < 1.29 is 8.42 Å². The van der Waals surface area contributed by atoms with Crippen molar-refractivity contribution in [2.75, 3.05) is 11.6 Å². The Kier molecular flexibility index (Phi) is 5.10. The topological polar surface area (TPSA) is 34.1 Å². The fourth-order valence-corrected chi connectivity index (χ4v) is 3.96. The molecule has 0 amide bonds. The number of hydrogen-bond acceptors (Lipinski definition) is 2. The van der Waals surface area contributed by atoms with Gasteiger partial charge in [0.1, 0.15) is 9.84 Å². The standard InChI is InChI=1S/C11H21BrO2S/c1-9(8-12)6-10-4-3-5-11(7-10)15(2,13)14/h9-11H,3-8H2,1-2H3. The minimum atomic E-state index is -2.81. The molecule has 0 aromatic rings. The lowest BCUT2D eigenvalue weighted by Gasteiger charge is -2.29. The monoisotopic (exact) mass is 296 g/mol. The number of rotatable bonds is 4. The highest BCUT2D eigenvalue weighted by atomic mass is 79.9. The molecule has 4 heteroatoms. The predicted molar refractivity (Wildman–Crippen MR) is 68.2 cm³/mol. The summed E-state index contributed by atoms with van der Waals surface area (Å²) in [6, 6.07) is 0. The maximum absolute atomic E-state index is 11.5. The second-order valence-electron chi connectivity index (χ2n) is 4.98. The van der Waals surface area contributed by atoms with Crippen LogP contribution in [-0.2, 0) is 9.84 Å². The molecule has 0 aromatic heterocycles. The average molecular weight is 297 g/mol. The van der Waals surface area contributed by atoms with Gasteiger partial charge in [-0.05, 0) is 31.1 Å². The van der Waals surface area contributed by atoms with Crippen molar-refractivity contribution in [1.82, 2.24) is 0 Å². The third kappa shape index (κ3) is 4.43. The van der Waals surface area contributed by atoms with Gasteiger partial charge in [-0.15, -0.1) is 0 Å². The van der Waals surface area contributed by atoms with Crippen LogP contribution in [0.5, 0.6) is 0 Å². The number of sulfone groups is 1. The van der Waals surface area contributed by atoms with Crippen LogP contribution < -0.4 is 0 Å². The third-order valence-electron chi connectivity index (χ3n) is 3.34. The lowest BCUT2D eigenvalue weighted by atomic mass is 9.83. The van der Waals surface area contributed by atoms with Crippen LogP contribution in [0, 0.1) is 11.8 Å². The first-order valence-electron chi connectivity index (χ1n) is 5.68. The number of halogens is 1. The summed E-state index contributed by atoms with van der Waals surface area (Å²) in [5, 5.41) is 0.950. The Bertz CT molecular complexity index is 287. The molecule has 1 aliphatic carbocycles. The molecule has 0 saturated heterocycles. The van der Waals surface area contributed by atoms with Crippen LogP contribution in [0.2, 0.25) is 0 Å². The van der Waals surface area contributed by atoms with E-state index < -0.39 is 9.84 Å². The van der Waals surface area contributed by atoms with E-state index in [2.05, 4.69) is 22.9 Å². The zero-order valence-electron chi connectivity index (χ0n) is 9.58. The summed E-state index contributed by atoms with van der Waals surface area (Å²) in [4.78, 5) is 0. The molecular weight excluding hydrogens is 276 g/mol. The van der Waals surface area contributed by atoms with Gasteiger partial charge in [0, 0.05) is 11.6 Å². The first-order valence-corrected chi connectivity index (χ1v) is 8.76. The van der Waals surface area contributed by atoms with Gasteiger partial charge in [-0.2, -0.15) is 0 Å². The van der Waals surface area contributed by atoms with Gasteiger partial charge >= 0.3 is 0 Å². The minimum absolute atomic E-state index is 0.0706. The second-order valence-corrected chi connectivity index (χ2v) is 7.95. The zero-order chi connectivity index (χ0) is 11.5. The van der Waals surface area contributed by atoms with E-state index in [0.29, 0.717) is 11.8 Å². The molecule has 15 heavy (non-hydrogen) atoms. The number of alkyl halides is 1. The van der Waals surface area contributed by atoms with E-state index in [1.807, 2.05) is 0 Å². The molecule has 0 spiro atoms. The van der Waals surface area contributed by atoms with Gasteiger partial charge in [-0.25, -0.2) is 8.42 Å². The predicted octanol–water partition coefficient (Wildman–Crippen LogP) is 3.01. The van der Waals surface area contributed by atoms with Crippen molar-refractivity contribution in [1.29, 1.82) is 0 Å². The normalized spacial score (nSPS) is 30.1. The van der Waals surface area contributed by atoms with E-state index in [-0.39, 0.29) is 5.25 Å². The highest BCUT2D eigenvalue weighted by Crippen LogP contribution is 2.32. The van der Waals surface area contributed by atoms with E-state index in [1.165, 1.54) is 12.7 Å². The molecule has 0 bridgehead atoms. The molecule has 1 aliphatic rings. The van der Waals surface area contributed by atoms with Gasteiger partial charge in [0.15, 0.2) is 0 Å². The van der Waals surface area contributed by atoms with Gasteiger partial charge in [-0.3, -0.25) is 0 Å². The molecule has 0 N–H and O–H groups in total. The van der Waals surface area contributed by atoms with Gasteiger partial charge in [0.25, 0.3) is 0 Å². The average Bonchev–Trinajstić information content (AvgIpc) is 2.17. The SMILES string of the molecule is CC(CBr)CC1CCCC(S(C)(=O)=O)C1. The first-order chi connectivity index (χ1) is 6.93. The highest BCUT2D eigenvalue weighted by Gasteiger charge is 2.29. The Morgan fingerprint density at radius 1 is 1.40 bits per heavy atom. The molecule has 1 fully saturated rings. The van der Waals surface area contributed by atoms with E-state index in [1.54, 1.807) is 0 Å². The third-order valence-corrected chi connectivity index (χ3v) is 6.08. The Morgan fingerprint density at radius 3 is 2.60 bits per heavy atom. The molecule has 0 aliphatic heterocycles. The van der Waals surface area contributed by atoms with Gasteiger partial charge < -0.3 is 0 Å². The fourth-order valence-electron chi connectivity index (χ4n) is 2.48. The molecular formula is C11H21BrO2S. The Hall–Kier alpha value is 0.430. The largest absolute Gasteiger partial charge is 0.229 e. The van der Waals surface area contributed by atoms with Crippen LogP contribution >= 0.6 is 15.9 Å². The second kappa shape index (κ2) is 5.67. The number of hydrogen-bond donors (Lipinski definition) is 0. The summed E-state index contributed by atoms with van der Waals surface area (Å²) in [5.41, 5.74) is 0. The lowest BCUT2D eigenvalue weighted by molar-refractivity contribution is 0.308. The summed E-state index contributed by atoms with van der Waals surface area (Å²) >= 11 is 3.48. The van der Waals surface area contributed by atoms with Crippen molar-refractivity contribution in [3.05, 3.63) is 0 Å². The van der Waals surface area contributed by atoms with Crippen LogP contribution in [0.1, 0.15) is 39.0 Å². The van der Waals surface area contributed by atoms with E-state index >= 15 is 0 Å². The summed E-state index contributed by atoms with van der Waals surface area (Å²) in [6.07, 6.45) is 6.60. The summed E-state index contributed by atoms with van der Waals surface area (Å²) in [6.45, 7) is 2.22. The molecule has 3 atom stereocenters. The van der Waals surface area contributed by atoms with Crippen molar-refractivity contribution in [3.63, 3.8) is 0 Å². The van der Waals surface area contributed by atoms with Gasteiger partial charge in [-0.1, -0.05) is 35.7 Å². The van der Waals surface area contributed by atoms with Crippen LogP contribution in [0.3, 0.4) is 0 Å². The first kappa shape index (κ1) is 13.5. The zero-order valence-corrected chi connectivity index (χ0v) is 12.0. The summed E-state index contributed by atoms with van der Waals surface area (Å²) in [7, 11) is -2.81. The molecule has 0 heterocycles. The Morgan fingerprint density at radius 2 is 2.07 bits per heavy atom. The highest BCUT2D eigenvalue weighted by molar-refractivity contribution is 9.09. The maximum Gasteiger partial charge on any atom is 0.150 e. The van der Waals surface area contributed by atoms with Crippen molar-refractivity contribution in [2.45, 2.75) is 44.3 Å². The summed E-state index contributed by atoms with van der Waals surface area (Å²) < 4.78 is 23.0. The maximum atomic E-state index is 11.5. The van der Waals surface area contributed by atoms with Crippen LogP contribution in [0.25, 0.3) is 0 Å². The molecule has 3 unspecified atom stereocenters. The lowest BCUT2D eigenvalue weighted by Crippen LogP contribution is -2.28. The van der Waals surface area contributed by atoms with Crippen molar-refractivity contribution >= 4 is 25.8 Å². The van der Waals surface area contributed by atoms with Gasteiger partial charge in [0.2, 0.25) is 0 Å². The Balaban J connectivity index is 2.49. The smallest absolute Gasteiger partial charge is 0.150 e. The molecule has 0 radical (unpaired) electrons. The van der Waals surface area contributed by atoms with Crippen LogP contribution in [0.4, 0.5) is 0 Å². The van der Waals surface area contributed by atoms with E-state index in [4.69, 9.17) is 0 Å². The van der Waals surface area contributed by atoms with Gasteiger partial charge in [0.05, 0.1) is 5.25 Å². The van der Waals surface area contributed by atoms with Crippen molar-refractivity contribution in [2.24, 2.45) is 11.8 Å². The fraction of sp³-hybridized carbons (Fsp3) is 1.00. The van der Waals surface area contributed by atoms with Crippen LogP contribution in [-0.4, -0.2) is 25.3 Å². The molecule has 1 rings (SSSR count).